The average molecular weight is 316 g/mol. The minimum Gasteiger partial charge on any atom is -0.375 e. The van der Waals surface area contributed by atoms with E-state index in [4.69, 9.17) is 9.84 Å². The molecule has 4 rings (SSSR count). The third kappa shape index (κ3) is 3.63. The summed E-state index contributed by atoms with van der Waals surface area (Å²) in [5.41, 5.74) is 2.47. The van der Waals surface area contributed by atoms with E-state index >= 15 is 0 Å². The Labute approximate surface area is 136 Å². The van der Waals surface area contributed by atoms with E-state index in [1.807, 2.05) is 23.1 Å². The molecule has 7 heteroatoms. The van der Waals surface area contributed by atoms with Crippen LogP contribution >= 0.6 is 0 Å². The fourth-order valence-electron chi connectivity index (χ4n) is 3.40. The average Bonchev–Trinajstić information content (AvgIpc) is 3.14. The Bertz CT molecular complexity index is 599. The highest BCUT2D eigenvalue weighted by Crippen LogP contribution is 2.14. The molecule has 4 heterocycles. The van der Waals surface area contributed by atoms with Gasteiger partial charge in [0.25, 0.3) is 0 Å². The van der Waals surface area contributed by atoms with Gasteiger partial charge in [-0.25, -0.2) is 0 Å². The second kappa shape index (κ2) is 6.82. The van der Waals surface area contributed by atoms with Gasteiger partial charge >= 0.3 is 0 Å². The summed E-state index contributed by atoms with van der Waals surface area (Å²) in [4.78, 5) is 2.46. The van der Waals surface area contributed by atoms with Crippen molar-refractivity contribution in [2.75, 3.05) is 26.2 Å². The van der Waals surface area contributed by atoms with Gasteiger partial charge in [0.15, 0.2) is 0 Å². The molecule has 0 spiro atoms. The summed E-state index contributed by atoms with van der Waals surface area (Å²) in [6.45, 7) is 7.45. The summed E-state index contributed by atoms with van der Waals surface area (Å²) in [5, 5.41) is 12.4. The van der Waals surface area contributed by atoms with Gasteiger partial charge in [0.2, 0.25) is 0 Å². The molecule has 0 bridgehead atoms. The van der Waals surface area contributed by atoms with E-state index in [1.54, 1.807) is 0 Å². The minimum absolute atomic E-state index is 0.191. The van der Waals surface area contributed by atoms with E-state index in [-0.39, 0.29) is 6.10 Å². The van der Waals surface area contributed by atoms with E-state index in [9.17, 15) is 0 Å². The molecule has 2 aromatic heterocycles. The van der Waals surface area contributed by atoms with E-state index in [0.717, 1.165) is 58.8 Å². The Balaban J connectivity index is 1.40. The quantitative estimate of drug-likeness (QED) is 0.889. The normalized spacial score (nSPS) is 22.7. The predicted molar refractivity (Wildman–Crippen MR) is 85.8 cm³/mol. The molecule has 23 heavy (non-hydrogen) atoms. The fourth-order valence-corrected chi connectivity index (χ4v) is 3.40. The van der Waals surface area contributed by atoms with Crippen molar-refractivity contribution in [1.82, 2.24) is 29.8 Å². The highest BCUT2D eigenvalue weighted by molar-refractivity contribution is 5.11. The van der Waals surface area contributed by atoms with Crippen molar-refractivity contribution in [3.8, 4) is 0 Å². The molecular formula is C16H24N6O. The van der Waals surface area contributed by atoms with Gasteiger partial charge in [-0.2, -0.15) is 10.2 Å². The fraction of sp³-hybridized carbons (Fsp3) is 0.625. The Morgan fingerprint density at radius 1 is 1.35 bits per heavy atom. The zero-order valence-electron chi connectivity index (χ0n) is 13.4. The minimum atomic E-state index is 0.191. The van der Waals surface area contributed by atoms with Gasteiger partial charge in [0, 0.05) is 51.7 Å². The molecule has 1 saturated heterocycles. The lowest BCUT2D eigenvalue weighted by molar-refractivity contribution is 0.0389. The van der Waals surface area contributed by atoms with Crippen LogP contribution in [0.15, 0.2) is 24.5 Å². The Hall–Kier alpha value is -1.70. The van der Waals surface area contributed by atoms with E-state index < -0.39 is 0 Å². The lowest BCUT2D eigenvalue weighted by atomic mass is 10.2. The maximum Gasteiger partial charge on any atom is 0.0897 e. The summed E-state index contributed by atoms with van der Waals surface area (Å²) in [7, 11) is 0. The molecule has 0 radical (unpaired) electrons. The number of rotatable bonds is 4. The van der Waals surface area contributed by atoms with Crippen molar-refractivity contribution < 1.29 is 4.74 Å². The van der Waals surface area contributed by atoms with Crippen LogP contribution in [0.5, 0.6) is 0 Å². The molecule has 0 aliphatic carbocycles. The molecule has 7 nitrogen and oxygen atoms in total. The van der Waals surface area contributed by atoms with Gasteiger partial charge in [0.1, 0.15) is 0 Å². The molecule has 1 fully saturated rings. The molecule has 1 N–H and O–H groups in total. The molecule has 0 aromatic carbocycles. The highest BCUT2D eigenvalue weighted by atomic mass is 16.5. The lowest BCUT2D eigenvalue weighted by Gasteiger charge is -2.22. The number of hydrogen-bond donors (Lipinski definition) is 1. The maximum atomic E-state index is 5.99. The van der Waals surface area contributed by atoms with Crippen LogP contribution in [-0.4, -0.2) is 56.8 Å². The van der Waals surface area contributed by atoms with Gasteiger partial charge in [-0.3, -0.25) is 14.3 Å². The predicted octanol–water partition coefficient (Wildman–Crippen LogP) is 0.474. The molecule has 2 aliphatic heterocycles. The van der Waals surface area contributed by atoms with Crippen molar-refractivity contribution in [3.63, 3.8) is 0 Å². The van der Waals surface area contributed by atoms with Crippen LogP contribution in [0, 0.1) is 0 Å². The Kier molecular flexibility index (Phi) is 4.41. The van der Waals surface area contributed by atoms with Crippen molar-refractivity contribution in [1.29, 1.82) is 0 Å². The van der Waals surface area contributed by atoms with Crippen molar-refractivity contribution >= 4 is 0 Å². The summed E-state index contributed by atoms with van der Waals surface area (Å²) in [6, 6.07) is 4.19. The summed E-state index contributed by atoms with van der Waals surface area (Å²) >= 11 is 0. The second-order valence-electron chi connectivity index (χ2n) is 6.34. The van der Waals surface area contributed by atoms with Crippen LogP contribution in [0.1, 0.15) is 17.8 Å². The monoisotopic (exact) mass is 316 g/mol. The zero-order chi connectivity index (χ0) is 15.5. The second-order valence-corrected chi connectivity index (χ2v) is 6.34. The number of nitrogens with one attached hydrogen (secondary N) is 1. The van der Waals surface area contributed by atoms with E-state index in [0.29, 0.717) is 0 Å². The van der Waals surface area contributed by atoms with Crippen LogP contribution in [0.25, 0.3) is 0 Å². The smallest absolute Gasteiger partial charge is 0.0897 e. The van der Waals surface area contributed by atoms with Crippen molar-refractivity contribution in [3.05, 3.63) is 35.9 Å². The van der Waals surface area contributed by atoms with E-state index in [2.05, 4.69) is 26.1 Å². The molecule has 124 valence electrons. The van der Waals surface area contributed by atoms with Crippen LogP contribution in [0.4, 0.5) is 0 Å². The Morgan fingerprint density at radius 2 is 2.35 bits per heavy atom. The first-order valence-electron chi connectivity index (χ1n) is 8.44. The highest BCUT2D eigenvalue weighted by Gasteiger charge is 2.21. The SMILES string of the molecule is c1cnn(C[C@H]2CN(Cc3cc4n(n3)CCNC4)CCCO2)c1. The van der Waals surface area contributed by atoms with Crippen LogP contribution in [0.3, 0.4) is 0 Å². The molecule has 2 aromatic rings. The number of ether oxygens (including phenoxy) is 1. The molecule has 0 saturated carbocycles. The Morgan fingerprint density at radius 3 is 3.22 bits per heavy atom. The lowest BCUT2D eigenvalue weighted by Crippen LogP contribution is -2.34. The van der Waals surface area contributed by atoms with Gasteiger partial charge in [0.05, 0.1) is 30.6 Å². The number of fused-ring (bicyclic) bond motifs is 1. The van der Waals surface area contributed by atoms with Gasteiger partial charge in [-0.15, -0.1) is 0 Å². The first kappa shape index (κ1) is 14.9. The number of hydrogen-bond acceptors (Lipinski definition) is 5. The molecule has 0 amide bonds. The third-order valence-electron chi connectivity index (χ3n) is 4.49. The van der Waals surface area contributed by atoms with Crippen molar-refractivity contribution in [2.24, 2.45) is 0 Å². The molecule has 1 atom stereocenters. The third-order valence-corrected chi connectivity index (χ3v) is 4.49. The van der Waals surface area contributed by atoms with Gasteiger partial charge < -0.3 is 10.1 Å². The van der Waals surface area contributed by atoms with Crippen LogP contribution in [0.2, 0.25) is 0 Å². The first-order valence-corrected chi connectivity index (χ1v) is 8.44. The summed E-state index contributed by atoms with van der Waals surface area (Å²) in [5.74, 6) is 0. The van der Waals surface area contributed by atoms with E-state index in [1.165, 1.54) is 11.4 Å². The van der Waals surface area contributed by atoms with Crippen LogP contribution < -0.4 is 5.32 Å². The first-order chi connectivity index (χ1) is 11.4. The van der Waals surface area contributed by atoms with Gasteiger partial charge in [-0.1, -0.05) is 0 Å². The standard InChI is InChI=1S/C16H24N6O/c1-3-18-21(6-1)13-16-12-20(5-2-8-23-16)11-14-9-15-10-17-4-7-22(15)19-14/h1,3,6,9,16-17H,2,4-5,7-8,10-13H2/t16-/m1/s1. The number of nitrogens with zero attached hydrogens (tertiary/aromatic N) is 5. The van der Waals surface area contributed by atoms with Gasteiger partial charge in [-0.05, 0) is 18.6 Å². The topological polar surface area (TPSA) is 60.1 Å². The summed E-state index contributed by atoms with van der Waals surface area (Å²) < 4.78 is 10.1. The number of aromatic nitrogens is 4. The molecular weight excluding hydrogens is 292 g/mol. The van der Waals surface area contributed by atoms with Crippen LogP contribution in [-0.2, 0) is 30.9 Å². The maximum absolute atomic E-state index is 5.99. The van der Waals surface area contributed by atoms with Crippen molar-refractivity contribution in [2.45, 2.75) is 38.7 Å². The molecule has 2 aliphatic rings. The zero-order valence-corrected chi connectivity index (χ0v) is 13.4. The largest absolute Gasteiger partial charge is 0.375 e. The molecule has 0 unspecified atom stereocenters. The summed E-state index contributed by atoms with van der Waals surface area (Å²) in [6.07, 6.45) is 5.08.